The van der Waals surface area contributed by atoms with Crippen LogP contribution < -0.4 is 10.2 Å². The van der Waals surface area contributed by atoms with Gasteiger partial charge >= 0.3 is 0 Å². The van der Waals surface area contributed by atoms with E-state index in [2.05, 4.69) is 21.3 Å². The second-order valence-corrected chi connectivity index (χ2v) is 8.75. The van der Waals surface area contributed by atoms with Crippen LogP contribution in [0.2, 0.25) is 0 Å². The molecule has 2 amide bonds. The lowest BCUT2D eigenvalue weighted by Gasteiger charge is -2.29. The molecule has 4 heterocycles. The number of benzene rings is 1. The van der Waals surface area contributed by atoms with Crippen molar-refractivity contribution in [1.82, 2.24) is 15.2 Å². The van der Waals surface area contributed by atoms with Gasteiger partial charge < -0.3 is 19.9 Å². The third-order valence-electron chi connectivity index (χ3n) is 5.95. The fourth-order valence-electron chi connectivity index (χ4n) is 4.37. The zero-order chi connectivity index (χ0) is 20.7. The van der Waals surface area contributed by atoms with Gasteiger partial charge in [0.05, 0.1) is 48.3 Å². The summed E-state index contributed by atoms with van der Waals surface area (Å²) < 4.78 is 5.69. The molecule has 0 radical (unpaired) electrons. The molecule has 3 atom stereocenters. The summed E-state index contributed by atoms with van der Waals surface area (Å²) in [6, 6.07) is 9.73. The van der Waals surface area contributed by atoms with E-state index in [1.54, 1.807) is 24.0 Å². The summed E-state index contributed by atoms with van der Waals surface area (Å²) in [5.41, 5.74) is 2.28. The van der Waals surface area contributed by atoms with E-state index in [1.165, 1.54) is 4.90 Å². The number of morpholine rings is 1. The number of amides is 2. The lowest BCUT2D eigenvalue weighted by molar-refractivity contribution is -0.129. The number of nitrogens with zero attached hydrogens (tertiary/aromatic N) is 4. The van der Waals surface area contributed by atoms with E-state index in [-0.39, 0.29) is 24.5 Å². The number of hydrogen-bond donors (Lipinski definition) is 1. The molecule has 3 aliphatic rings. The summed E-state index contributed by atoms with van der Waals surface area (Å²) in [5.74, 6) is 0.527. The van der Waals surface area contributed by atoms with Crippen molar-refractivity contribution in [2.75, 3.05) is 36.2 Å². The summed E-state index contributed by atoms with van der Waals surface area (Å²) in [4.78, 5) is 33.5. The van der Waals surface area contributed by atoms with Crippen LogP contribution in [0.3, 0.4) is 0 Å². The van der Waals surface area contributed by atoms with Crippen LogP contribution >= 0.6 is 11.8 Å². The molecule has 2 aromatic rings. The zero-order valence-electron chi connectivity index (χ0n) is 16.3. The maximum atomic E-state index is 12.9. The number of hydrogen-bond acceptors (Lipinski definition) is 7. The lowest BCUT2D eigenvalue weighted by Crippen LogP contribution is -2.42. The fraction of sp³-hybridized carbons (Fsp3) is 0.429. The van der Waals surface area contributed by atoms with Gasteiger partial charge in [0, 0.05) is 29.6 Å². The smallest absolute Gasteiger partial charge is 0.252 e. The van der Waals surface area contributed by atoms with Gasteiger partial charge in [-0.15, -0.1) is 11.8 Å². The normalized spacial score (nSPS) is 25.0. The van der Waals surface area contributed by atoms with Crippen LogP contribution in [0.15, 0.2) is 30.5 Å². The van der Waals surface area contributed by atoms with Gasteiger partial charge in [-0.05, 0) is 30.7 Å². The number of fused-ring (bicyclic) bond motifs is 3. The first kappa shape index (κ1) is 19.2. The molecule has 0 unspecified atom stereocenters. The van der Waals surface area contributed by atoms with Crippen molar-refractivity contribution < 1.29 is 14.3 Å². The molecule has 5 rings (SSSR count). The Morgan fingerprint density at radius 3 is 3.03 bits per heavy atom. The highest BCUT2D eigenvalue weighted by Crippen LogP contribution is 2.34. The average Bonchev–Trinajstić information content (AvgIpc) is 3.53. The van der Waals surface area contributed by atoms with Gasteiger partial charge in [0.1, 0.15) is 6.04 Å². The average molecular weight is 423 g/mol. The first-order valence-corrected chi connectivity index (χ1v) is 11.1. The Kier molecular flexibility index (Phi) is 4.97. The monoisotopic (exact) mass is 423 g/mol. The van der Waals surface area contributed by atoms with Crippen molar-refractivity contribution in [3.63, 3.8) is 0 Å². The Hall–Kier alpha value is -2.83. The van der Waals surface area contributed by atoms with E-state index in [0.717, 1.165) is 36.2 Å². The molecule has 1 aromatic carbocycles. The summed E-state index contributed by atoms with van der Waals surface area (Å²) >= 11 is 1.54. The molecule has 8 nitrogen and oxygen atoms in total. The van der Waals surface area contributed by atoms with Crippen LogP contribution in [0.25, 0.3) is 10.9 Å². The van der Waals surface area contributed by atoms with Gasteiger partial charge in [-0.25, -0.2) is 0 Å². The standard InChI is InChI=1S/C21H21N5O3S/c22-7-15-11-30-12-26(15)20(27)8-24-21(28)17-3-4-23-19-2-1-13(6-18(17)19)25-9-16-5-14(25)10-29-16/h1-4,6,14-16H,5,8-12H2,(H,24,28)/t14-,15-,16-/m1/s1. The minimum atomic E-state index is -0.427. The number of nitriles is 1. The molecule has 30 heavy (non-hydrogen) atoms. The van der Waals surface area contributed by atoms with Crippen molar-refractivity contribution in [2.45, 2.75) is 24.6 Å². The number of aromatic nitrogens is 1. The predicted octanol–water partition coefficient (Wildman–Crippen LogP) is 1.37. The van der Waals surface area contributed by atoms with Crippen molar-refractivity contribution in [3.8, 4) is 6.07 Å². The number of rotatable bonds is 4. The summed E-state index contributed by atoms with van der Waals surface area (Å²) in [6.45, 7) is 1.47. The van der Waals surface area contributed by atoms with Crippen molar-refractivity contribution in [1.29, 1.82) is 5.26 Å². The highest BCUT2D eigenvalue weighted by atomic mass is 32.2. The predicted molar refractivity (Wildman–Crippen MR) is 113 cm³/mol. The SMILES string of the molecule is N#C[C@@H]1CSCN1C(=O)CNC(=O)c1ccnc2ccc(N3C[C@H]4C[C@@H]3CO4)cc12. The number of nitrogens with one attached hydrogen (secondary N) is 1. The van der Waals surface area contributed by atoms with Gasteiger partial charge in [0.2, 0.25) is 5.91 Å². The molecule has 1 N–H and O–H groups in total. The summed E-state index contributed by atoms with van der Waals surface area (Å²) in [5, 5.41) is 12.6. The van der Waals surface area contributed by atoms with E-state index < -0.39 is 6.04 Å². The topological polar surface area (TPSA) is 98.6 Å². The molecule has 154 valence electrons. The Labute approximate surface area is 178 Å². The number of ether oxygens (including phenoxy) is 1. The molecule has 3 fully saturated rings. The summed E-state index contributed by atoms with van der Waals surface area (Å²) in [7, 11) is 0. The maximum Gasteiger partial charge on any atom is 0.252 e. The highest BCUT2D eigenvalue weighted by molar-refractivity contribution is 7.99. The largest absolute Gasteiger partial charge is 0.374 e. The number of thioether (sulfide) groups is 1. The third-order valence-corrected chi connectivity index (χ3v) is 6.97. The maximum absolute atomic E-state index is 12.9. The molecule has 1 aromatic heterocycles. The molecule has 0 spiro atoms. The number of anilines is 1. The molecular weight excluding hydrogens is 402 g/mol. The molecule has 9 heteroatoms. The van der Waals surface area contributed by atoms with Crippen LogP contribution in [0.1, 0.15) is 16.8 Å². The summed E-state index contributed by atoms with van der Waals surface area (Å²) in [6.07, 6.45) is 2.93. The minimum absolute atomic E-state index is 0.131. The molecule has 3 saturated heterocycles. The Balaban J connectivity index is 1.34. The van der Waals surface area contributed by atoms with E-state index in [1.807, 2.05) is 18.2 Å². The molecule has 0 aliphatic carbocycles. The Bertz CT molecular complexity index is 1050. The zero-order valence-corrected chi connectivity index (χ0v) is 17.1. The van der Waals surface area contributed by atoms with Crippen LogP contribution in [0.4, 0.5) is 5.69 Å². The first-order valence-electron chi connectivity index (χ1n) is 9.96. The molecular formula is C21H21N5O3S. The highest BCUT2D eigenvalue weighted by Gasteiger charge is 2.39. The van der Waals surface area contributed by atoms with Crippen LogP contribution in [0, 0.1) is 11.3 Å². The molecule has 0 saturated carbocycles. The third kappa shape index (κ3) is 3.36. The first-order chi connectivity index (χ1) is 14.6. The van der Waals surface area contributed by atoms with Gasteiger partial charge in [0.15, 0.2) is 0 Å². The van der Waals surface area contributed by atoms with Crippen molar-refractivity contribution >= 4 is 40.2 Å². The van der Waals surface area contributed by atoms with Gasteiger partial charge in [-0.2, -0.15) is 5.26 Å². The van der Waals surface area contributed by atoms with E-state index in [0.29, 0.717) is 23.2 Å². The Morgan fingerprint density at radius 1 is 1.37 bits per heavy atom. The van der Waals surface area contributed by atoms with Crippen LogP contribution in [-0.4, -0.2) is 71.2 Å². The van der Waals surface area contributed by atoms with Crippen LogP contribution in [-0.2, 0) is 9.53 Å². The number of carbonyl (C=O) groups excluding carboxylic acids is 2. The lowest BCUT2D eigenvalue weighted by atomic mass is 10.1. The van der Waals surface area contributed by atoms with Crippen LogP contribution in [0.5, 0.6) is 0 Å². The van der Waals surface area contributed by atoms with Gasteiger partial charge in [0.25, 0.3) is 5.91 Å². The number of pyridine rings is 1. The van der Waals surface area contributed by atoms with E-state index in [4.69, 9.17) is 10.00 Å². The molecule has 2 bridgehead atoms. The van der Waals surface area contributed by atoms with Gasteiger partial charge in [-0.1, -0.05) is 0 Å². The van der Waals surface area contributed by atoms with Gasteiger partial charge in [-0.3, -0.25) is 14.6 Å². The fourth-order valence-corrected chi connectivity index (χ4v) is 5.48. The minimum Gasteiger partial charge on any atom is -0.374 e. The second-order valence-electron chi connectivity index (χ2n) is 7.75. The number of carbonyl (C=O) groups is 2. The molecule has 3 aliphatic heterocycles. The van der Waals surface area contributed by atoms with Crippen molar-refractivity contribution in [3.05, 3.63) is 36.0 Å². The van der Waals surface area contributed by atoms with E-state index in [9.17, 15) is 9.59 Å². The van der Waals surface area contributed by atoms with Crippen molar-refractivity contribution in [2.24, 2.45) is 0 Å². The Morgan fingerprint density at radius 2 is 2.27 bits per heavy atom. The second kappa shape index (κ2) is 7.78. The quantitative estimate of drug-likeness (QED) is 0.793. The van der Waals surface area contributed by atoms with E-state index >= 15 is 0 Å².